The highest BCUT2D eigenvalue weighted by atomic mass is 16.5. The summed E-state index contributed by atoms with van der Waals surface area (Å²) >= 11 is 0. The molecule has 0 aromatic heterocycles. The van der Waals surface area contributed by atoms with Crippen molar-refractivity contribution in [1.29, 1.82) is 0 Å². The van der Waals surface area contributed by atoms with Crippen molar-refractivity contribution in [3.05, 3.63) is 65.4 Å². The normalized spacial score (nSPS) is 13.5. The van der Waals surface area contributed by atoms with E-state index >= 15 is 0 Å². The number of β-amino-alcohol motifs (C(OH)–C–C–N with tert-alkyl or cyclic N) is 1. The molecule has 0 radical (unpaired) electrons. The van der Waals surface area contributed by atoms with Gasteiger partial charge in [0.2, 0.25) is 0 Å². The fourth-order valence-corrected chi connectivity index (χ4v) is 3.35. The second-order valence-corrected chi connectivity index (χ2v) is 7.53. The van der Waals surface area contributed by atoms with Gasteiger partial charge in [-0.25, -0.2) is 9.59 Å². The van der Waals surface area contributed by atoms with Crippen LogP contribution in [0.3, 0.4) is 0 Å². The Hall–Kier alpha value is -3.65. The molecule has 0 bridgehead atoms. The van der Waals surface area contributed by atoms with Gasteiger partial charge in [-0.2, -0.15) is 0 Å². The highest BCUT2D eigenvalue weighted by Gasteiger charge is 2.34. The Bertz CT molecular complexity index is 1040. The molecule has 8 heteroatoms. The zero-order valence-corrected chi connectivity index (χ0v) is 18.3. The molecular weight excluding hydrogens is 412 g/mol. The van der Waals surface area contributed by atoms with Gasteiger partial charge >= 0.3 is 11.9 Å². The molecular formula is C24H26N2O6. The Morgan fingerprint density at radius 3 is 2.44 bits per heavy atom. The van der Waals surface area contributed by atoms with Crippen LogP contribution in [-0.2, 0) is 19.1 Å². The number of esters is 2. The summed E-state index contributed by atoms with van der Waals surface area (Å²) in [6.07, 6.45) is -0.202. The van der Waals surface area contributed by atoms with Crippen molar-refractivity contribution in [1.82, 2.24) is 4.90 Å². The average Bonchev–Trinajstić information content (AvgIpc) is 3.09. The van der Waals surface area contributed by atoms with Crippen molar-refractivity contribution >= 4 is 23.5 Å². The van der Waals surface area contributed by atoms with Crippen LogP contribution in [0.15, 0.2) is 59.8 Å². The van der Waals surface area contributed by atoms with Gasteiger partial charge in [0.05, 0.1) is 37.5 Å². The van der Waals surface area contributed by atoms with Crippen LogP contribution < -0.4 is 5.32 Å². The van der Waals surface area contributed by atoms with E-state index in [0.717, 1.165) is 11.1 Å². The Morgan fingerprint density at radius 2 is 1.81 bits per heavy atom. The monoisotopic (exact) mass is 438 g/mol. The number of aliphatic hydroxyl groups excluding tert-OH is 1. The Balaban J connectivity index is 1.81. The molecule has 0 aliphatic carbocycles. The van der Waals surface area contributed by atoms with Gasteiger partial charge in [0.15, 0.2) is 0 Å². The molecule has 1 aliphatic rings. The van der Waals surface area contributed by atoms with Crippen LogP contribution >= 0.6 is 0 Å². The quantitative estimate of drug-likeness (QED) is 0.611. The number of methoxy groups -OCH3 is 1. The molecule has 0 saturated carbocycles. The zero-order chi connectivity index (χ0) is 23.3. The average molecular weight is 438 g/mol. The van der Waals surface area contributed by atoms with E-state index in [9.17, 15) is 14.4 Å². The molecule has 2 aromatic rings. The fraction of sp³-hybridized carbons (Fsp3) is 0.292. The SMILES string of the molecule is COC(=O)C1=C(Nc2ccc(-c3cccc(C(=O)OC(C)C)c3)cc2)C(=O)N(CCO)C1. The number of ether oxygens (including phenoxy) is 2. The molecule has 8 nitrogen and oxygen atoms in total. The maximum absolute atomic E-state index is 12.6. The standard InChI is InChI=1S/C24H26N2O6/c1-15(2)32-23(29)18-6-4-5-17(13-18)16-7-9-19(10-8-16)25-21-20(24(30)31-3)14-26(11-12-27)22(21)28/h4-10,13,15,25,27H,11-12,14H2,1-3H3. The van der Waals surface area contributed by atoms with Gasteiger partial charge in [-0.05, 0) is 49.2 Å². The Labute approximate surface area is 186 Å². The van der Waals surface area contributed by atoms with Crippen LogP contribution in [0.4, 0.5) is 5.69 Å². The second-order valence-electron chi connectivity index (χ2n) is 7.53. The summed E-state index contributed by atoms with van der Waals surface area (Å²) in [5.74, 6) is -1.35. The lowest BCUT2D eigenvalue weighted by molar-refractivity contribution is -0.136. The molecule has 0 saturated heterocycles. The minimum Gasteiger partial charge on any atom is -0.466 e. The number of nitrogens with zero attached hydrogens (tertiary/aromatic N) is 1. The van der Waals surface area contributed by atoms with Crippen LogP contribution in [0, 0.1) is 0 Å². The minimum absolute atomic E-state index is 0.0752. The van der Waals surface area contributed by atoms with Gasteiger partial charge in [-0.3, -0.25) is 4.79 Å². The van der Waals surface area contributed by atoms with Crippen LogP contribution in [0.1, 0.15) is 24.2 Å². The van der Waals surface area contributed by atoms with Crippen LogP contribution in [0.5, 0.6) is 0 Å². The van der Waals surface area contributed by atoms with E-state index in [4.69, 9.17) is 14.6 Å². The molecule has 1 heterocycles. The summed E-state index contributed by atoms with van der Waals surface area (Å²) in [5, 5.41) is 12.2. The fourth-order valence-electron chi connectivity index (χ4n) is 3.35. The summed E-state index contributed by atoms with van der Waals surface area (Å²) in [6, 6.07) is 14.4. The lowest BCUT2D eigenvalue weighted by Gasteiger charge is -2.15. The van der Waals surface area contributed by atoms with Crippen molar-refractivity contribution in [3.63, 3.8) is 0 Å². The number of hydrogen-bond donors (Lipinski definition) is 2. The van der Waals surface area contributed by atoms with E-state index in [0.29, 0.717) is 11.3 Å². The number of hydrogen-bond acceptors (Lipinski definition) is 7. The third-order valence-electron chi connectivity index (χ3n) is 4.88. The number of benzene rings is 2. The molecule has 0 fully saturated rings. The molecule has 1 amide bonds. The molecule has 2 aromatic carbocycles. The van der Waals surface area contributed by atoms with Gasteiger partial charge in [0.1, 0.15) is 5.70 Å². The molecule has 0 unspecified atom stereocenters. The largest absolute Gasteiger partial charge is 0.466 e. The van der Waals surface area contributed by atoms with Gasteiger partial charge < -0.3 is 24.8 Å². The maximum atomic E-state index is 12.6. The molecule has 168 valence electrons. The first kappa shape index (κ1) is 23.0. The van der Waals surface area contributed by atoms with E-state index < -0.39 is 5.97 Å². The Kier molecular flexibility index (Phi) is 7.27. The van der Waals surface area contributed by atoms with E-state index in [2.05, 4.69) is 5.32 Å². The predicted molar refractivity (Wildman–Crippen MR) is 119 cm³/mol. The van der Waals surface area contributed by atoms with Crippen LogP contribution in [0.2, 0.25) is 0 Å². The van der Waals surface area contributed by atoms with Gasteiger partial charge in [-0.15, -0.1) is 0 Å². The summed E-state index contributed by atoms with van der Waals surface area (Å²) in [7, 11) is 1.26. The lowest BCUT2D eigenvalue weighted by atomic mass is 10.0. The second kappa shape index (κ2) is 10.1. The lowest BCUT2D eigenvalue weighted by Crippen LogP contribution is -2.31. The highest BCUT2D eigenvalue weighted by molar-refractivity contribution is 6.08. The predicted octanol–water partition coefficient (Wildman–Crippen LogP) is 2.59. The molecule has 0 spiro atoms. The molecule has 2 N–H and O–H groups in total. The first-order valence-corrected chi connectivity index (χ1v) is 10.2. The number of anilines is 1. The van der Waals surface area contributed by atoms with E-state index in [1.807, 2.05) is 18.2 Å². The van der Waals surface area contributed by atoms with Crippen molar-refractivity contribution in [2.45, 2.75) is 20.0 Å². The minimum atomic E-state index is -0.594. The van der Waals surface area contributed by atoms with Gasteiger partial charge in [-0.1, -0.05) is 24.3 Å². The summed E-state index contributed by atoms with van der Waals surface area (Å²) in [4.78, 5) is 38.3. The first-order valence-electron chi connectivity index (χ1n) is 10.2. The number of carbonyl (C=O) groups excluding carboxylic acids is 3. The van der Waals surface area contributed by atoms with Crippen LogP contribution in [-0.4, -0.2) is 60.8 Å². The topological polar surface area (TPSA) is 105 Å². The zero-order valence-electron chi connectivity index (χ0n) is 18.3. The third kappa shape index (κ3) is 5.15. The van der Waals surface area contributed by atoms with Crippen molar-refractivity contribution in [3.8, 4) is 11.1 Å². The smallest absolute Gasteiger partial charge is 0.338 e. The maximum Gasteiger partial charge on any atom is 0.338 e. The van der Waals surface area contributed by atoms with Crippen molar-refractivity contribution in [2.75, 3.05) is 32.1 Å². The summed E-state index contributed by atoms with van der Waals surface area (Å²) in [5.41, 5.74) is 3.14. The number of rotatable bonds is 8. The van der Waals surface area contributed by atoms with Crippen molar-refractivity contribution < 1.29 is 29.0 Å². The van der Waals surface area contributed by atoms with E-state index in [1.165, 1.54) is 12.0 Å². The molecule has 32 heavy (non-hydrogen) atoms. The van der Waals surface area contributed by atoms with Crippen LogP contribution in [0.25, 0.3) is 11.1 Å². The number of carbonyl (C=O) groups is 3. The van der Waals surface area contributed by atoms with Gasteiger partial charge in [0, 0.05) is 12.2 Å². The third-order valence-corrected chi connectivity index (χ3v) is 4.88. The van der Waals surface area contributed by atoms with Crippen molar-refractivity contribution in [2.24, 2.45) is 0 Å². The Morgan fingerprint density at radius 1 is 1.09 bits per heavy atom. The molecule has 1 aliphatic heterocycles. The number of nitrogens with one attached hydrogen (secondary N) is 1. The summed E-state index contributed by atoms with van der Waals surface area (Å²) < 4.78 is 10.0. The molecule has 3 rings (SSSR count). The number of aliphatic hydroxyl groups is 1. The molecule has 0 atom stereocenters. The number of amides is 1. The van der Waals surface area contributed by atoms with E-state index in [1.54, 1.807) is 44.2 Å². The highest BCUT2D eigenvalue weighted by Crippen LogP contribution is 2.26. The first-order chi connectivity index (χ1) is 15.3. The van der Waals surface area contributed by atoms with E-state index in [-0.39, 0.29) is 48.9 Å². The van der Waals surface area contributed by atoms with Gasteiger partial charge in [0.25, 0.3) is 5.91 Å². The summed E-state index contributed by atoms with van der Waals surface area (Å²) in [6.45, 7) is 3.59.